The molecular weight excluding hydrogens is 314 g/mol. The fourth-order valence-corrected chi connectivity index (χ4v) is 2.52. The number of hydrogen-bond acceptors (Lipinski definition) is 1. The van der Waals surface area contributed by atoms with Crippen molar-refractivity contribution in [3.8, 4) is 0 Å². The van der Waals surface area contributed by atoms with Gasteiger partial charge in [0.15, 0.2) is 0 Å². The summed E-state index contributed by atoms with van der Waals surface area (Å²) in [6, 6.07) is 9.00. The number of carbonyl (C=O) groups is 1. The summed E-state index contributed by atoms with van der Waals surface area (Å²) >= 11 is 11.8. The highest BCUT2D eigenvalue weighted by Crippen LogP contribution is 2.27. The molecule has 21 heavy (non-hydrogen) atoms. The molecule has 0 aliphatic heterocycles. The molecule has 0 saturated carbocycles. The predicted molar refractivity (Wildman–Crippen MR) is 82.7 cm³/mol. The number of hydrogen-bond donors (Lipinski definition) is 2. The minimum atomic E-state index is -0.364. The van der Waals surface area contributed by atoms with Crippen LogP contribution in [0.2, 0.25) is 10.0 Å². The molecule has 0 aliphatic rings. The van der Waals surface area contributed by atoms with Crippen molar-refractivity contribution in [3.05, 3.63) is 64.0 Å². The van der Waals surface area contributed by atoms with Crippen molar-refractivity contribution in [2.45, 2.75) is 0 Å². The van der Waals surface area contributed by atoms with Crippen LogP contribution in [0.4, 0.5) is 10.1 Å². The highest BCUT2D eigenvalue weighted by molar-refractivity contribution is 6.37. The van der Waals surface area contributed by atoms with E-state index >= 15 is 0 Å². The minimum absolute atomic E-state index is 0.336. The standard InChI is InChI=1S/C15H9Cl2FN2O/c16-8-1-4-13(12(17)5-8)20-15(21)11-7-19-14-6-9(18)2-3-10(11)14/h1-7,19H,(H,20,21). The maximum atomic E-state index is 13.1. The molecule has 6 heteroatoms. The molecule has 0 radical (unpaired) electrons. The fraction of sp³-hybridized carbons (Fsp3) is 0. The lowest BCUT2D eigenvalue weighted by molar-refractivity contribution is 0.102. The predicted octanol–water partition coefficient (Wildman–Crippen LogP) is 4.87. The van der Waals surface area contributed by atoms with Gasteiger partial charge in [-0.3, -0.25) is 4.79 Å². The Kier molecular flexibility index (Phi) is 3.57. The summed E-state index contributed by atoms with van der Waals surface area (Å²) in [6.45, 7) is 0. The van der Waals surface area contributed by atoms with Gasteiger partial charge in [-0.15, -0.1) is 0 Å². The fourth-order valence-electron chi connectivity index (χ4n) is 2.07. The number of aromatic nitrogens is 1. The Hall–Kier alpha value is -2.04. The zero-order valence-electron chi connectivity index (χ0n) is 10.6. The van der Waals surface area contributed by atoms with Crippen molar-refractivity contribution >= 4 is 45.7 Å². The third-order valence-electron chi connectivity index (χ3n) is 3.07. The van der Waals surface area contributed by atoms with E-state index in [0.29, 0.717) is 32.2 Å². The summed E-state index contributed by atoms with van der Waals surface area (Å²) < 4.78 is 13.1. The van der Waals surface area contributed by atoms with E-state index in [4.69, 9.17) is 23.2 Å². The molecule has 2 N–H and O–H groups in total. The quantitative estimate of drug-likeness (QED) is 0.694. The monoisotopic (exact) mass is 322 g/mol. The highest BCUT2D eigenvalue weighted by atomic mass is 35.5. The minimum Gasteiger partial charge on any atom is -0.360 e. The highest BCUT2D eigenvalue weighted by Gasteiger charge is 2.14. The van der Waals surface area contributed by atoms with E-state index in [1.165, 1.54) is 18.3 Å². The molecule has 2 aromatic carbocycles. The molecule has 0 unspecified atom stereocenters. The molecule has 3 aromatic rings. The largest absolute Gasteiger partial charge is 0.360 e. The topological polar surface area (TPSA) is 44.9 Å². The number of aromatic amines is 1. The summed E-state index contributed by atoms with van der Waals surface area (Å²) in [5, 5.41) is 4.18. The summed E-state index contributed by atoms with van der Waals surface area (Å²) in [4.78, 5) is 15.2. The second-order valence-corrected chi connectivity index (χ2v) is 5.31. The zero-order chi connectivity index (χ0) is 15.0. The number of fused-ring (bicyclic) bond motifs is 1. The van der Waals surface area contributed by atoms with Crippen LogP contribution in [-0.2, 0) is 0 Å². The lowest BCUT2D eigenvalue weighted by atomic mass is 10.1. The van der Waals surface area contributed by atoms with Crippen molar-refractivity contribution < 1.29 is 9.18 Å². The van der Waals surface area contributed by atoms with Crippen LogP contribution in [0.1, 0.15) is 10.4 Å². The normalized spacial score (nSPS) is 10.8. The first-order valence-corrected chi connectivity index (χ1v) is 6.83. The molecule has 106 valence electrons. The number of anilines is 1. The number of H-pyrrole nitrogens is 1. The molecule has 0 aliphatic carbocycles. The first kappa shape index (κ1) is 13.9. The van der Waals surface area contributed by atoms with E-state index in [-0.39, 0.29) is 11.7 Å². The Labute approximate surface area is 129 Å². The van der Waals surface area contributed by atoms with Gasteiger partial charge < -0.3 is 10.3 Å². The van der Waals surface area contributed by atoms with Crippen LogP contribution in [-0.4, -0.2) is 10.9 Å². The van der Waals surface area contributed by atoms with Crippen LogP contribution in [0.15, 0.2) is 42.6 Å². The van der Waals surface area contributed by atoms with Gasteiger partial charge in [0, 0.05) is 22.1 Å². The lowest BCUT2D eigenvalue weighted by Gasteiger charge is -2.06. The Bertz CT molecular complexity index is 845. The number of rotatable bonds is 2. The Morgan fingerprint density at radius 1 is 1.14 bits per heavy atom. The summed E-state index contributed by atoms with van der Waals surface area (Å²) in [5.74, 6) is -0.700. The number of halogens is 3. The average molecular weight is 323 g/mol. The van der Waals surface area contributed by atoms with E-state index < -0.39 is 0 Å². The maximum Gasteiger partial charge on any atom is 0.257 e. The van der Waals surface area contributed by atoms with Gasteiger partial charge in [0.2, 0.25) is 0 Å². The van der Waals surface area contributed by atoms with Crippen molar-refractivity contribution in [1.29, 1.82) is 0 Å². The second kappa shape index (κ2) is 5.39. The van der Waals surface area contributed by atoms with Crippen molar-refractivity contribution in [1.82, 2.24) is 4.98 Å². The summed E-state index contributed by atoms with van der Waals surface area (Å²) in [7, 11) is 0. The van der Waals surface area contributed by atoms with Gasteiger partial charge in [0.25, 0.3) is 5.91 Å². The van der Waals surface area contributed by atoms with Crippen molar-refractivity contribution in [3.63, 3.8) is 0 Å². The van der Waals surface area contributed by atoms with E-state index in [9.17, 15) is 9.18 Å². The van der Waals surface area contributed by atoms with E-state index in [0.717, 1.165) is 0 Å². The molecule has 1 heterocycles. The van der Waals surface area contributed by atoms with E-state index in [1.807, 2.05) is 0 Å². The first-order valence-electron chi connectivity index (χ1n) is 6.07. The SMILES string of the molecule is O=C(Nc1ccc(Cl)cc1Cl)c1c[nH]c2cc(F)ccc12. The number of carbonyl (C=O) groups excluding carboxylic acids is 1. The van der Waals surface area contributed by atoms with Gasteiger partial charge in [-0.1, -0.05) is 23.2 Å². The van der Waals surface area contributed by atoms with E-state index in [2.05, 4.69) is 10.3 Å². The van der Waals surface area contributed by atoms with Crippen LogP contribution in [0.5, 0.6) is 0 Å². The third-order valence-corrected chi connectivity index (χ3v) is 3.62. The molecule has 0 bridgehead atoms. The molecule has 0 atom stereocenters. The Balaban J connectivity index is 1.94. The Morgan fingerprint density at radius 3 is 2.71 bits per heavy atom. The summed E-state index contributed by atoms with van der Waals surface area (Å²) in [6.07, 6.45) is 1.53. The second-order valence-electron chi connectivity index (χ2n) is 4.47. The summed E-state index contributed by atoms with van der Waals surface area (Å²) in [5.41, 5.74) is 1.43. The smallest absolute Gasteiger partial charge is 0.257 e. The zero-order valence-corrected chi connectivity index (χ0v) is 12.1. The van der Waals surface area contributed by atoms with Crippen LogP contribution in [0.25, 0.3) is 10.9 Å². The number of nitrogens with one attached hydrogen (secondary N) is 2. The lowest BCUT2D eigenvalue weighted by Crippen LogP contribution is -2.11. The average Bonchev–Trinajstić information content (AvgIpc) is 2.84. The van der Waals surface area contributed by atoms with Gasteiger partial charge in [0.05, 0.1) is 16.3 Å². The first-order chi connectivity index (χ1) is 10.0. The van der Waals surface area contributed by atoms with Gasteiger partial charge in [-0.25, -0.2) is 4.39 Å². The molecule has 0 spiro atoms. The third kappa shape index (κ3) is 2.73. The van der Waals surface area contributed by atoms with Crippen LogP contribution < -0.4 is 5.32 Å². The molecule has 1 aromatic heterocycles. The Morgan fingerprint density at radius 2 is 1.95 bits per heavy atom. The molecule has 3 rings (SSSR count). The van der Waals surface area contributed by atoms with Crippen molar-refractivity contribution in [2.24, 2.45) is 0 Å². The molecular formula is C15H9Cl2FN2O. The number of benzene rings is 2. The molecule has 1 amide bonds. The molecule has 0 fully saturated rings. The van der Waals surface area contributed by atoms with Gasteiger partial charge in [-0.05, 0) is 36.4 Å². The van der Waals surface area contributed by atoms with Crippen LogP contribution in [0, 0.1) is 5.82 Å². The molecule has 0 saturated heterocycles. The van der Waals surface area contributed by atoms with Crippen molar-refractivity contribution in [2.75, 3.05) is 5.32 Å². The molecule has 3 nitrogen and oxygen atoms in total. The van der Waals surface area contributed by atoms with Gasteiger partial charge in [0.1, 0.15) is 5.82 Å². The van der Waals surface area contributed by atoms with Gasteiger partial charge >= 0.3 is 0 Å². The maximum absolute atomic E-state index is 13.1. The van der Waals surface area contributed by atoms with Crippen LogP contribution in [0.3, 0.4) is 0 Å². The van der Waals surface area contributed by atoms with E-state index in [1.54, 1.807) is 24.3 Å². The van der Waals surface area contributed by atoms with Crippen LogP contribution >= 0.6 is 23.2 Å². The number of amides is 1. The van der Waals surface area contributed by atoms with Gasteiger partial charge in [-0.2, -0.15) is 0 Å².